The van der Waals surface area contributed by atoms with Gasteiger partial charge in [-0.15, -0.1) is 0 Å². The fraction of sp³-hybridized carbons (Fsp3) is 0.167. The number of imide groups is 1. The minimum absolute atomic E-state index is 0.307. The molecule has 0 unspecified atom stereocenters. The Hall–Kier alpha value is -4.00. The number of hydrogen-bond acceptors (Lipinski definition) is 4. The zero-order valence-electron chi connectivity index (χ0n) is 18.1. The summed E-state index contributed by atoms with van der Waals surface area (Å²) in [5.74, 6) is -0.726. The Morgan fingerprint density at radius 3 is 1.35 bits per heavy atom. The first-order chi connectivity index (χ1) is 14.9. The zero-order valence-corrected chi connectivity index (χ0v) is 18.1. The molecule has 1 aliphatic rings. The molecule has 0 fully saturated rings. The van der Waals surface area contributed by atoms with Crippen molar-refractivity contribution in [2.75, 3.05) is 42.9 Å². The molecule has 0 atom stereocenters. The van der Waals surface area contributed by atoms with E-state index in [2.05, 4.69) is 0 Å². The fourth-order valence-corrected chi connectivity index (χ4v) is 3.52. The van der Waals surface area contributed by atoms with Crippen molar-refractivity contribution in [3.05, 3.63) is 79.4 Å². The third-order valence-electron chi connectivity index (χ3n) is 5.22. The van der Waals surface area contributed by atoms with E-state index in [0.29, 0.717) is 17.1 Å². The number of rotatable bonds is 5. The van der Waals surface area contributed by atoms with E-state index in [-0.39, 0.29) is 11.8 Å². The summed E-state index contributed by atoms with van der Waals surface area (Å²) in [6, 6.07) is 16.6. The van der Waals surface area contributed by atoms with Crippen LogP contribution in [0.4, 0.5) is 17.1 Å². The molecule has 7 heteroatoms. The van der Waals surface area contributed by atoms with Crippen molar-refractivity contribution >= 4 is 40.3 Å². The van der Waals surface area contributed by atoms with Crippen LogP contribution < -0.4 is 23.8 Å². The number of aromatic nitrogens is 2. The van der Waals surface area contributed by atoms with Gasteiger partial charge in [0.15, 0.2) is 24.8 Å². The summed E-state index contributed by atoms with van der Waals surface area (Å²) in [5, 5.41) is 0. The van der Waals surface area contributed by atoms with E-state index < -0.39 is 0 Å². The lowest BCUT2D eigenvalue weighted by molar-refractivity contribution is -0.604. The molecule has 0 N–H and O–H groups in total. The summed E-state index contributed by atoms with van der Waals surface area (Å²) in [7, 11) is 7.81. The Bertz CT molecular complexity index is 1080. The Morgan fingerprint density at radius 2 is 1.00 bits per heavy atom. The van der Waals surface area contributed by atoms with Gasteiger partial charge in [0.2, 0.25) is 0 Å². The van der Waals surface area contributed by atoms with Crippen LogP contribution in [0.2, 0.25) is 0 Å². The molecule has 156 valence electrons. The summed E-state index contributed by atoms with van der Waals surface area (Å²) in [6.45, 7) is 0. The molecule has 0 radical (unpaired) electrons. The van der Waals surface area contributed by atoms with Crippen molar-refractivity contribution < 1.29 is 18.7 Å². The standard InChI is InChI=1S/C24H25N5O2/c1-25(2)18-10-14-27(15-11-18)21-22(28-16-12-19(13-17-28)26(3)4)24(31)29(23(21)30)20-8-6-5-7-9-20/h5-17H,1-4H3/q+2. The molecule has 0 aliphatic carbocycles. The van der Waals surface area contributed by atoms with E-state index in [0.717, 1.165) is 11.4 Å². The van der Waals surface area contributed by atoms with Crippen LogP contribution in [0.25, 0.3) is 11.4 Å². The molecule has 0 saturated carbocycles. The Labute approximate surface area is 181 Å². The first kappa shape index (κ1) is 20.3. The van der Waals surface area contributed by atoms with Gasteiger partial charge in [-0.3, -0.25) is 9.59 Å². The van der Waals surface area contributed by atoms with Gasteiger partial charge in [-0.2, -0.15) is 9.13 Å². The number of pyridine rings is 2. The molecular formula is C24H25N5O2+2. The smallest absolute Gasteiger partial charge is 0.355 e. The van der Waals surface area contributed by atoms with Gasteiger partial charge >= 0.3 is 23.2 Å². The van der Waals surface area contributed by atoms with E-state index in [1.807, 2.05) is 80.5 Å². The number of benzene rings is 1. The van der Waals surface area contributed by atoms with Gasteiger partial charge < -0.3 is 9.80 Å². The predicted molar refractivity (Wildman–Crippen MR) is 120 cm³/mol. The number of para-hydroxylation sites is 1. The largest absolute Gasteiger partial charge is 0.377 e. The molecule has 3 heterocycles. The van der Waals surface area contributed by atoms with Crippen LogP contribution in [0.5, 0.6) is 0 Å². The molecule has 31 heavy (non-hydrogen) atoms. The van der Waals surface area contributed by atoms with Crippen molar-refractivity contribution in [2.45, 2.75) is 0 Å². The van der Waals surface area contributed by atoms with Gasteiger partial charge in [-0.05, 0) is 12.1 Å². The van der Waals surface area contributed by atoms with Crippen molar-refractivity contribution in [3.8, 4) is 0 Å². The topological polar surface area (TPSA) is 51.6 Å². The lowest BCUT2D eigenvalue weighted by atomic mass is 10.3. The minimum Gasteiger partial charge on any atom is -0.377 e. The molecule has 7 nitrogen and oxygen atoms in total. The number of amides is 2. The molecular weight excluding hydrogens is 390 g/mol. The fourth-order valence-electron chi connectivity index (χ4n) is 3.52. The number of hydrogen-bond donors (Lipinski definition) is 0. The predicted octanol–water partition coefficient (Wildman–Crippen LogP) is 1.79. The van der Waals surface area contributed by atoms with E-state index in [4.69, 9.17) is 0 Å². The highest BCUT2D eigenvalue weighted by Gasteiger charge is 2.51. The summed E-state index contributed by atoms with van der Waals surface area (Å²) in [5.41, 5.74) is 3.15. The molecule has 0 bridgehead atoms. The van der Waals surface area contributed by atoms with Crippen molar-refractivity contribution in [1.29, 1.82) is 0 Å². The second-order valence-electron chi connectivity index (χ2n) is 7.69. The third-order valence-corrected chi connectivity index (χ3v) is 5.22. The lowest BCUT2D eigenvalue weighted by Crippen LogP contribution is -2.41. The zero-order chi connectivity index (χ0) is 22.1. The molecule has 1 aromatic carbocycles. The van der Waals surface area contributed by atoms with Crippen LogP contribution in [0.3, 0.4) is 0 Å². The molecule has 2 amide bonds. The Morgan fingerprint density at radius 1 is 0.613 bits per heavy atom. The second-order valence-corrected chi connectivity index (χ2v) is 7.69. The molecule has 0 spiro atoms. The van der Waals surface area contributed by atoms with E-state index in [1.165, 1.54) is 4.90 Å². The second kappa shape index (κ2) is 8.02. The van der Waals surface area contributed by atoms with Crippen LogP contribution >= 0.6 is 0 Å². The van der Waals surface area contributed by atoms with E-state index in [1.54, 1.807) is 46.1 Å². The maximum Gasteiger partial charge on any atom is 0.355 e. The van der Waals surface area contributed by atoms with Gasteiger partial charge in [0, 0.05) is 63.8 Å². The average Bonchev–Trinajstić information content (AvgIpc) is 3.04. The minimum atomic E-state index is -0.363. The van der Waals surface area contributed by atoms with Gasteiger partial charge in [-0.1, -0.05) is 18.2 Å². The van der Waals surface area contributed by atoms with Crippen molar-refractivity contribution in [3.63, 3.8) is 0 Å². The first-order valence-corrected chi connectivity index (χ1v) is 9.94. The van der Waals surface area contributed by atoms with Crippen molar-refractivity contribution in [1.82, 2.24) is 0 Å². The molecule has 1 aliphatic heterocycles. The van der Waals surface area contributed by atoms with E-state index in [9.17, 15) is 9.59 Å². The third kappa shape index (κ3) is 3.66. The molecule has 2 aromatic heterocycles. The van der Waals surface area contributed by atoms with Crippen LogP contribution in [0.15, 0.2) is 79.4 Å². The average molecular weight is 415 g/mol. The number of carbonyl (C=O) groups excluding carboxylic acids is 2. The first-order valence-electron chi connectivity index (χ1n) is 9.94. The highest BCUT2D eigenvalue weighted by atomic mass is 16.2. The van der Waals surface area contributed by atoms with Gasteiger partial charge in [-0.25, -0.2) is 4.90 Å². The summed E-state index contributed by atoms with van der Waals surface area (Å²) < 4.78 is 3.41. The quantitative estimate of drug-likeness (QED) is 0.471. The van der Waals surface area contributed by atoms with Gasteiger partial charge in [0.05, 0.1) is 5.69 Å². The SMILES string of the molecule is CN(C)c1cc[n+](C2=C([n+]3ccc(N(C)C)cc3)C(=O)N(c3ccccc3)C2=O)cc1. The van der Waals surface area contributed by atoms with Crippen LogP contribution in [0, 0.1) is 0 Å². The maximum atomic E-state index is 13.5. The normalized spacial score (nSPS) is 13.7. The maximum absolute atomic E-state index is 13.5. The molecule has 4 rings (SSSR count). The van der Waals surface area contributed by atoms with Crippen molar-refractivity contribution in [2.24, 2.45) is 0 Å². The summed E-state index contributed by atoms with van der Waals surface area (Å²) >= 11 is 0. The van der Waals surface area contributed by atoms with Crippen LogP contribution in [-0.2, 0) is 9.59 Å². The van der Waals surface area contributed by atoms with Gasteiger partial charge in [0.1, 0.15) is 0 Å². The van der Waals surface area contributed by atoms with Crippen LogP contribution in [0.1, 0.15) is 0 Å². The van der Waals surface area contributed by atoms with E-state index >= 15 is 0 Å². The summed E-state index contributed by atoms with van der Waals surface area (Å²) in [6.07, 6.45) is 7.22. The highest BCUT2D eigenvalue weighted by molar-refractivity contribution is 6.49. The number of carbonyl (C=O) groups is 2. The Kier molecular flexibility index (Phi) is 5.25. The molecule has 0 saturated heterocycles. The number of anilines is 3. The van der Waals surface area contributed by atoms with Gasteiger partial charge in [0.25, 0.3) is 0 Å². The lowest BCUT2D eigenvalue weighted by Gasteiger charge is -2.12. The Balaban J connectivity index is 1.87. The highest BCUT2D eigenvalue weighted by Crippen LogP contribution is 2.27. The molecule has 3 aromatic rings. The number of nitrogens with zero attached hydrogens (tertiary/aromatic N) is 5. The monoisotopic (exact) mass is 415 g/mol. The summed E-state index contributed by atoms with van der Waals surface area (Å²) in [4.78, 5) is 32.2. The van der Waals surface area contributed by atoms with Crippen LogP contribution in [-0.4, -0.2) is 40.0 Å².